The lowest BCUT2D eigenvalue weighted by atomic mass is 10.1. The van der Waals surface area contributed by atoms with E-state index in [1.54, 1.807) is 22.4 Å². The summed E-state index contributed by atoms with van der Waals surface area (Å²) in [6.07, 6.45) is 3.22. The zero-order valence-electron chi connectivity index (χ0n) is 15.0. The predicted octanol–water partition coefficient (Wildman–Crippen LogP) is 4.58. The number of likely N-dealkylation sites (tertiary alicyclic amines) is 1. The van der Waals surface area contributed by atoms with E-state index >= 15 is 0 Å². The van der Waals surface area contributed by atoms with E-state index in [2.05, 4.69) is 39.0 Å². The van der Waals surface area contributed by atoms with Crippen molar-refractivity contribution in [2.75, 3.05) is 18.4 Å². The molecule has 1 amide bonds. The number of anilines is 1. The summed E-state index contributed by atoms with van der Waals surface area (Å²) >= 11 is 3.85. The minimum Gasteiger partial charge on any atom is -0.444 e. The first-order valence-electron chi connectivity index (χ1n) is 8.49. The summed E-state index contributed by atoms with van der Waals surface area (Å²) < 4.78 is 7.56. The number of halogens is 1. The molecule has 8 heteroatoms. The van der Waals surface area contributed by atoms with E-state index in [9.17, 15) is 10.1 Å². The smallest absolute Gasteiger partial charge is 0.410 e. The van der Waals surface area contributed by atoms with Gasteiger partial charge in [0.25, 0.3) is 0 Å². The first-order valence-corrected chi connectivity index (χ1v) is 10.4. The maximum absolute atomic E-state index is 12.3. The SMILES string of the molecule is CC(C)(C)OC(=O)N1CCC[C@H](Nc2ncc(C#N)c3sc(I)cc23)C1. The number of rotatable bonds is 2. The molecule has 0 radical (unpaired) electrons. The predicted molar refractivity (Wildman–Crippen MR) is 112 cm³/mol. The van der Waals surface area contributed by atoms with Crippen LogP contribution in [0.5, 0.6) is 0 Å². The van der Waals surface area contributed by atoms with Crippen molar-refractivity contribution < 1.29 is 9.53 Å². The second kappa shape index (κ2) is 7.56. The van der Waals surface area contributed by atoms with Crippen LogP contribution in [-0.4, -0.2) is 40.7 Å². The maximum Gasteiger partial charge on any atom is 0.410 e. The highest BCUT2D eigenvalue weighted by Crippen LogP contribution is 2.34. The van der Waals surface area contributed by atoms with Crippen LogP contribution in [0.2, 0.25) is 0 Å². The van der Waals surface area contributed by atoms with Gasteiger partial charge in [-0.2, -0.15) is 5.26 Å². The first kappa shape index (κ1) is 19.2. The third-order valence-electron chi connectivity index (χ3n) is 4.06. The third-order valence-corrected chi connectivity index (χ3v) is 5.99. The minimum atomic E-state index is -0.494. The van der Waals surface area contributed by atoms with E-state index in [1.807, 2.05) is 26.8 Å². The Kier molecular flexibility index (Phi) is 5.58. The van der Waals surface area contributed by atoms with Gasteiger partial charge in [-0.05, 0) is 62.3 Å². The van der Waals surface area contributed by atoms with E-state index in [0.29, 0.717) is 18.7 Å². The standard InChI is InChI=1S/C18H21IN4O2S/c1-18(2,3)25-17(24)23-6-4-5-12(10-23)22-16-13-7-14(19)26-15(13)11(8-20)9-21-16/h7,9,12H,4-6,10H2,1-3H3,(H,21,22)/t12-/m0/s1. The van der Waals surface area contributed by atoms with Crippen molar-refractivity contribution in [3.63, 3.8) is 0 Å². The third kappa shape index (κ3) is 4.38. The lowest BCUT2D eigenvalue weighted by molar-refractivity contribution is 0.0206. The summed E-state index contributed by atoms with van der Waals surface area (Å²) in [5.74, 6) is 0.772. The van der Waals surface area contributed by atoms with Crippen LogP contribution in [0.1, 0.15) is 39.2 Å². The Balaban J connectivity index is 1.76. The van der Waals surface area contributed by atoms with Crippen LogP contribution in [0.4, 0.5) is 10.6 Å². The van der Waals surface area contributed by atoms with Crippen molar-refractivity contribution in [1.29, 1.82) is 5.26 Å². The van der Waals surface area contributed by atoms with Gasteiger partial charge in [-0.1, -0.05) is 0 Å². The number of piperidine rings is 1. The van der Waals surface area contributed by atoms with Gasteiger partial charge < -0.3 is 15.0 Å². The van der Waals surface area contributed by atoms with Gasteiger partial charge in [0.05, 0.1) is 13.1 Å². The number of carbonyl (C=O) groups is 1. The van der Waals surface area contributed by atoms with Gasteiger partial charge in [0.15, 0.2) is 0 Å². The highest BCUT2D eigenvalue weighted by Gasteiger charge is 2.28. The van der Waals surface area contributed by atoms with Gasteiger partial charge in [0, 0.05) is 30.7 Å². The molecule has 1 aliphatic rings. The molecule has 6 nitrogen and oxygen atoms in total. The monoisotopic (exact) mass is 484 g/mol. The summed E-state index contributed by atoms with van der Waals surface area (Å²) in [4.78, 5) is 18.5. The van der Waals surface area contributed by atoms with Crippen molar-refractivity contribution >= 4 is 55.9 Å². The Morgan fingerprint density at radius 2 is 2.31 bits per heavy atom. The number of carbonyl (C=O) groups excluding carboxylic acids is 1. The Hall–Kier alpha value is -1.60. The lowest BCUT2D eigenvalue weighted by Crippen LogP contribution is -2.47. The van der Waals surface area contributed by atoms with E-state index < -0.39 is 5.60 Å². The van der Waals surface area contributed by atoms with Gasteiger partial charge in [-0.25, -0.2) is 9.78 Å². The van der Waals surface area contributed by atoms with Crippen molar-refractivity contribution in [2.45, 2.75) is 45.3 Å². The van der Waals surface area contributed by atoms with Crippen molar-refractivity contribution in [3.8, 4) is 6.07 Å². The Morgan fingerprint density at radius 3 is 3.00 bits per heavy atom. The molecule has 1 fully saturated rings. The summed E-state index contributed by atoms with van der Waals surface area (Å²) in [6.45, 7) is 6.92. The van der Waals surface area contributed by atoms with Crippen LogP contribution >= 0.6 is 33.9 Å². The number of nitrogens with zero attached hydrogens (tertiary/aromatic N) is 3. The molecule has 1 aliphatic heterocycles. The zero-order valence-corrected chi connectivity index (χ0v) is 18.0. The normalized spacial score (nSPS) is 17.8. The molecule has 0 saturated carbocycles. The number of nitriles is 1. The van der Waals surface area contributed by atoms with Crippen LogP contribution in [0.25, 0.3) is 10.1 Å². The molecule has 0 bridgehead atoms. The summed E-state index contributed by atoms with van der Waals surface area (Å²) in [5, 5.41) is 13.7. The second-order valence-corrected chi connectivity index (χ2v) is 10.3. The fourth-order valence-electron chi connectivity index (χ4n) is 2.97. The first-order chi connectivity index (χ1) is 12.3. The molecule has 138 valence electrons. The molecule has 0 aliphatic carbocycles. The highest BCUT2D eigenvalue weighted by atomic mass is 127. The number of nitrogens with one attached hydrogen (secondary N) is 1. The number of hydrogen-bond donors (Lipinski definition) is 1. The number of fused-ring (bicyclic) bond motifs is 1. The number of ether oxygens (including phenoxy) is 1. The van der Waals surface area contributed by atoms with Gasteiger partial charge in [-0.3, -0.25) is 0 Å². The Bertz CT molecular complexity index is 868. The largest absolute Gasteiger partial charge is 0.444 e. The van der Waals surface area contributed by atoms with Crippen molar-refractivity contribution in [3.05, 3.63) is 20.7 Å². The van der Waals surface area contributed by atoms with E-state index in [-0.39, 0.29) is 12.1 Å². The molecule has 3 rings (SSSR count). The van der Waals surface area contributed by atoms with Crippen LogP contribution in [0.15, 0.2) is 12.3 Å². The molecule has 1 saturated heterocycles. The Morgan fingerprint density at radius 1 is 1.54 bits per heavy atom. The molecule has 2 aromatic rings. The van der Waals surface area contributed by atoms with Crippen molar-refractivity contribution in [1.82, 2.24) is 9.88 Å². The molecule has 26 heavy (non-hydrogen) atoms. The quantitative estimate of drug-likeness (QED) is 0.632. The van der Waals surface area contributed by atoms with Crippen LogP contribution in [0.3, 0.4) is 0 Å². The van der Waals surface area contributed by atoms with Crippen LogP contribution < -0.4 is 5.32 Å². The van der Waals surface area contributed by atoms with Crippen LogP contribution in [-0.2, 0) is 4.74 Å². The van der Waals surface area contributed by atoms with Crippen molar-refractivity contribution in [2.24, 2.45) is 0 Å². The zero-order chi connectivity index (χ0) is 18.9. The molecule has 1 atom stereocenters. The van der Waals surface area contributed by atoms with Crippen LogP contribution in [0, 0.1) is 14.2 Å². The van der Waals surface area contributed by atoms with Gasteiger partial charge >= 0.3 is 6.09 Å². The second-order valence-electron chi connectivity index (χ2n) is 7.34. The van der Waals surface area contributed by atoms with E-state index in [1.165, 1.54) is 0 Å². The molecular formula is C18H21IN4O2S. The fraction of sp³-hybridized carbons (Fsp3) is 0.500. The number of thiophene rings is 1. The molecule has 2 aromatic heterocycles. The molecule has 0 unspecified atom stereocenters. The summed E-state index contributed by atoms with van der Waals surface area (Å²) in [7, 11) is 0. The van der Waals surface area contributed by atoms with E-state index in [0.717, 1.165) is 31.6 Å². The average Bonchev–Trinajstić information content (AvgIpc) is 2.96. The summed E-state index contributed by atoms with van der Waals surface area (Å²) in [5.41, 5.74) is 0.101. The Labute approximate surface area is 170 Å². The summed E-state index contributed by atoms with van der Waals surface area (Å²) in [6, 6.07) is 4.36. The average molecular weight is 484 g/mol. The highest BCUT2D eigenvalue weighted by molar-refractivity contribution is 14.1. The van der Waals surface area contributed by atoms with Gasteiger partial charge in [0.2, 0.25) is 0 Å². The molecule has 0 aromatic carbocycles. The minimum absolute atomic E-state index is 0.109. The maximum atomic E-state index is 12.3. The number of pyridine rings is 1. The molecule has 3 heterocycles. The topological polar surface area (TPSA) is 78.2 Å². The molecule has 1 N–H and O–H groups in total. The fourth-order valence-corrected chi connectivity index (χ4v) is 4.79. The molecule has 0 spiro atoms. The lowest BCUT2D eigenvalue weighted by Gasteiger charge is -2.34. The number of aromatic nitrogens is 1. The van der Waals surface area contributed by atoms with E-state index in [4.69, 9.17) is 4.74 Å². The van der Waals surface area contributed by atoms with Gasteiger partial charge in [-0.15, -0.1) is 11.3 Å². The number of hydrogen-bond acceptors (Lipinski definition) is 6. The number of amides is 1. The molecular weight excluding hydrogens is 463 g/mol. The van der Waals surface area contributed by atoms with Gasteiger partial charge in [0.1, 0.15) is 17.5 Å².